The Morgan fingerprint density at radius 1 is 1.58 bits per heavy atom. The summed E-state index contributed by atoms with van der Waals surface area (Å²) in [7, 11) is 0. The molecular weight excluding hydrogens is 164 g/mol. The minimum Gasteiger partial charge on any atom is -0.332 e. The van der Waals surface area contributed by atoms with Gasteiger partial charge in [-0.05, 0) is 0 Å². The molecule has 0 unspecified atom stereocenters. The van der Waals surface area contributed by atoms with E-state index in [1.807, 2.05) is 0 Å². The lowest BCUT2D eigenvalue weighted by Gasteiger charge is -2.16. The van der Waals surface area contributed by atoms with Crippen LogP contribution in [-0.4, -0.2) is 16.1 Å². The largest absolute Gasteiger partial charge is 0.332 e. The van der Waals surface area contributed by atoms with Crippen LogP contribution < -0.4 is 5.32 Å². The van der Waals surface area contributed by atoms with Crippen molar-refractivity contribution in [3.05, 3.63) is 17.7 Å². The number of nitrogens with one attached hydrogen (secondary N) is 1. The van der Waals surface area contributed by atoms with E-state index >= 15 is 0 Å². The smallest absolute Gasteiger partial charge is 0.282 e. The molecule has 2 heterocycles. The maximum Gasteiger partial charge on any atom is 0.282 e. The van der Waals surface area contributed by atoms with Crippen LogP contribution >= 0.6 is 0 Å². The SMILES string of the molecule is FC(F)c1ncn2c1CNCC2. The first-order valence-corrected chi connectivity index (χ1v) is 3.82. The van der Waals surface area contributed by atoms with E-state index in [1.54, 1.807) is 4.57 Å². The van der Waals surface area contributed by atoms with E-state index in [9.17, 15) is 8.78 Å². The van der Waals surface area contributed by atoms with E-state index in [-0.39, 0.29) is 5.69 Å². The molecular formula is C7H9F2N3. The quantitative estimate of drug-likeness (QED) is 0.684. The van der Waals surface area contributed by atoms with Gasteiger partial charge < -0.3 is 9.88 Å². The van der Waals surface area contributed by atoms with E-state index in [0.717, 1.165) is 13.1 Å². The summed E-state index contributed by atoms with van der Waals surface area (Å²) < 4.78 is 26.3. The van der Waals surface area contributed by atoms with Gasteiger partial charge in [0, 0.05) is 19.6 Å². The molecule has 0 fully saturated rings. The second-order valence-corrected chi connectivity index (χ2v) is 2.75. The van der Waals surface area contributed by atoms with E-state index < -0.39 is 6.43 Å². The second-order valence-electron chi connectivity index (χ2n) is 2.75. The molecule has 0 spiro atoms. The fourth-order valence-corrected chi connectivity index (χ4v) is 1.40. The van der Waals surface area contributed by atoms with Crippen LogP contribution in [0.5, 0.6) is 0 Å². The highest BCUT2D eigenvalue weighted by Gasteiger charge is 2.20. The van der Waals surface area contributed by atoms with Crippen molar-refractivity contribution in [1.82, 2.24) is 14.9 Å². The van der Waals surface area contributed by atoms with E-state index in [1.165, 1.54) is 6.33 Å². The lowest BCUT2D eigenvalue weighted by atomic mass is 10.3. The van der Waals surface area contributed by atoms with Crippen LogP contribution in [0, 0.1) is 0 Å². The normalized spacial score (nSPS) is 16.6. The van der Waals surface area contributed by atoms with Crippen molar-refractivity contribution < 1.29 is 8.78 Å². The lowest BCUT2D eigenvalue weighted by molar-refractivity contribution is 0.144. The summed E-state index contributed by atoms with van der Waals surface area (Å²) in [6, 6.07) is 0. The van der Waals surface area contributed by atoms with Crippen LogP contribution in [0.2, 0.25) is 0 Å². The van der Waals surface area contributed by atoms with Crippen LogP contribution in [-0.2, 0) is 13.1 Å². The first kappa shape index (κ1) is 7.67. The Kier molecular flexibility index (Phi) is 1.80. The Morgan fingerprint density at radius 3 is 3.17 bits per heavy atom. The number of hydrogen-bond donors (Lipinski definition) is 1. The zero-order valence-corrected chi connectivity index (χ0v) is 6.43. The molecule has 0 radical (unpaired) electrons. The predicted octanol–water partition coefficient (Wildman–Crippen LogP) is 0.924. The molecule has 0 amide bonds. The number of aromatic nitrogens is 2. The Morgan fingerprint density at radius 2 is 2.42 bits per heavy atom. The van der Waals surface area contributed by atoms with E-state index in [0.29, 0.717) is 12.2 Å². The highest BCUT2D eigenvalue weighted by Crippen LogP contribution is 2.22. The number of hydrogen-bond acceptors (Lipinski definition) is 2. The highest BCUT2D eigenvalue weighted by molar-refractivity contribution is 5.15. The van der Waals surface area contributed by atoms with Gasteiger partial charge in [-0.2, -0.15) is 0 Å². The van der Waals surface area contributed by atoms with Gasteiger partial charge in [0.25, 0.3) is 6.43 Å². The number of nitrogens with zero attached hydrogens (tertiary/aromatic N) is 2. The zero-order chi connectivity index (χ0) is 8.55. The first-order chi connectivity index (χ1) is 5.79. The molecule has 1 aromatic heterocycles. The first-order valence-electron chi connectivity index (χ1n) is 3.82. The van der Waals surface area contributed by atoms with E-state index in [2.05, 4.69) is 10.3 Å². The van der Waals surface area contributed by atoms with Crippen molar-refractivity contribution in [2.24, 2.45) is 0 Å². The molecule has 1 aliphatic heterocycles. The van der Waals surface area contributed by atoms with Crippen molar-refractivity contribution in [2.75, 3.05) is 6.54 Å². The van der Waals surface area contributed by atoms with Crippen molar-refractivity contribution in [1.29, 1.82) is 0 Å². The van der Waals surface area contributed by atoms with Gasteiger partial charge >= 0.3 is 0 Å². The molecule has 12 heavy (non-hydrogen) atoms. The molecule has 1 N–H and O–H groups in total. The fourth-order valence-electron chi connectivity index (χ4n) is 1.40. The van der Waals surface area contributed by atoms with Crippen LogP contribution in [0.4, 0.5) is 8.78 Å². The Labute approximate surface area is 68.4 Å². The Hall–Kier alpha value is -0.970. The second kappa shape index (κ2) is 2.82. The molecule has 0 bridgehead atoms. The van der Waals surface area contributed by atoms with Crippen molar-refractivity contribution in [3.63, 3.8) is 0 Å². The number of rotatable bonds is 1. The van der Waals surface area contributed by atoms with Gasteiger partial charge in [-0.3, -0.25) is 0 Å². The van der Waals surface area contributed by atoms with Crippen molar-refractivity contribution >= 4 is 0 Å². The van der Waals surface area contributed by atoms with Crippen LogP contribution in [0.3, 0.4) is 0 Å². The Bertz CT molecular complexity index is 282. The maximum absolute atomic E-state index is 12.3. The van der Waals surface area contributed by atoms with Crippen molar-refractivity contribution in [3.8, 4) is 0 Å². The lowest BCUT2D eigenvalue weighted by Crippen LogP contribution is -2.28. The summed E-state index contributed by atoms with van der Waals surface area (Å²) in [6.45, 7) is 2.06. The molecule has 1 aromatic rings. The molecule has 0 saturated carbocycles. The highest BCUT2D eigenvalue weighted by atomic mass is 19.3. The monoisotopic (exact) mass is 173 g/mol. The van der Waals surface area contributed by atoms with Gasteiger partial charge in [-0.1, -0.05) is 0 Å². The molecule has 2 rings (SSSR count). The van der Waals surface area contributed by atoms with Crippen LogP contribution in [0.1, 0.15) is 17.8 Å². The summed E-state index contributed by atoms with van der Waals surface area (Å²) in [5.41, 5.74) is 0.540. The van der Waals surface area contributed by atoms with Gasteiger partial charge in [0.05, 0.1) is 12.0 Å². The van der Waals surface area contributed by atoms with Gasteiger partial charge in [0.2, 0.25) is 0 Å². The number of halogens is 2. The van der Waals surface area contributed by atoms with Gasteiger partial charge in [-0.15, -0.1) is 0 Å². The van der Waals surface area contributed by atoms with Crippen molar-refractivity contribution in [2.45, 2.75) is 19.5 Å². The zero-order valence-electron chi connectivity index (χ0n) is 6.43. The summed E-state index contributed by atoms with van der Waals surface area (Å²) in [4.78, 5) is 3.67. The molecule has 0 saturated heterocycles. The standard InChI is InChI=1S/C7H9F2N3/c8-7(9)6-5-3-10-1-2-12(5)4-11-6/h4,7,10H,1-3H2. The number of alkyl halides is 2. The molecule has 66 valence electrons. The van der Waals surface area contributed by atoms with Crippen LogP contribution in [0.25, 0.3) is 0 Å². The average Bonchev–Trinajstić information content (AvgIpc) is 2.47. The number of imidazole rings is 1. The van der Waals surface area contributed by atoms with E-state index in [4.69, 9.17) is 0 Å². The molecule has 5 heteroatoms. The van der Waals surface area contributed by atoms with Gasteiger partial charge in [0.15, 0.2) is 0 Å². The maximum atomic E-state index is 12.3. The third-order valence-corrected chi connectivity index (χ3v) is 2.01. The minimum atomic E-state index is -2.46. The fraction of sp³-hybridized carbons (Fsp3) is 0.571. The summed E-state index contributed by atoms with van der Waals surface area (Å²) >= 11 is 0. The topological polar surface area (TPSA) is 29.9 Å². The Balaban J connectivity index is 2.38. The minimum absolute atomic E-state index is 0.0813. The molecule has 3 nitrogen and oxygen atoms in total. The average molecular weight is 173 g/mol. The molecule has 0 aliphatic carbocycles. The van der Waals surface area contributed by atoms with Gasteiger partial charge in [0.1, 0.15) is 5.69 Å². The summed E-state index contributed by atoms with van der Waals surface area (Å²) in [6.07, 6.45) is -0.973. The predicted molar refractivity (Wildman–Crippen MR) is 38.9 cm³/mol. The molecule has 1 aliphatic rings. The summed E-state index contributed by atoms with van der Waals surface area (Å²) in [5.74, 6) is 0. The third kappa shape index (κ3) is 1.10. The molecule has 0 aromatic carbocycles. The van der Waals surface area contributed by atoms with Crippen LogP contribution in [0.15, 0.2) is 6.33 Å². The molecule has 0 atom stereocenters. The summed E-state index contributed by atoms with van der Waals surface area (Å²) in [5, 5.41) is 3.03. The number of fused-ring (bicyclic) bond motifs is 1. The van der Waals surface area contributed by atoms with Gasteiger partial charge in [-0.25, -0.2) is 13.8 Å². The third-order valence-electron chi connectivity index (χ3n) is 2.01.